The molecule has 0 amide bonds. The van der Waals surface area contributed by atoms with Crippen LogP contribution >= 0.6 is 0 Å². The fraction of sp³-hybridized carbons (Fsp3) is 0.333. The summed E-state index contributed by atoms with van der Waals surface area (Å²) in [5.74, 6) is -1.32. The van der Waals surface area contributed by atoms with Gasteiger partial charge in [-0.1, -0.05) is 29.8 Å². The third-order valence-corrected chi connectivity index (χ3v) is 5.30. The molecule has 0 aromatic heterocycles. The van der Waals surface area contributed by atoms with Gasteiger partial charge in [0.1, 0.15) is 6.61 Å². The molecule has 1 unspecified atom stereocenters. The minimum atomic E-state index is -4.46. The van der Waals surface area contributed by atoms with E-state index in [1.807, 2.05) is 19.1 Å². The van der Waals surface area contributed by atoms with Gasteiger partial charge in [-0.2, -0.15) is 13.2 Å². The molecule has 5 nitrogen and oxygen atoms in total. The SMILES string of the molecule is Cc1cc(C)c(C(=O)OCC2(CO)C/C(=C/c3ccc(C(F)(F)F)cc3)C(=O)O2)c(C)c1. The van der Waals surface area contributed by atoms with Gasteiger partial charge < -0.3 is 14.6 Å². The highest BCUT2D eigenvalue weighted by Gasteiger charge is 2.44. The molecule has 1 atom stereocenters. The molecule has 170 valence electrons. The minimum absolute atomic E-state index is 0.0531. The number of cyclic esters (lactones) is 1. The van der Waals surface area contributed by atoms with Gasteiger partial charge in [0.15, 0.2) is 5.60 Å². The number of carbonyl (C=O) groups is 2. The summed E-state index contributed by atoms with van der Waals surface area (Å²) in [6, 6.07) is 8.02. The van der Waals surface area contributed by atoms with Gasteiger partial charge in [-0.25, -0.2) is 9.59 Å². The van der Waals surface area contributed by atoms with Crippen LogP contribution in [0.15, 0.2) is 42.0 Å². The van der Waals surface area contributed by atoms with E-state index in [9.17, 15) is 27.9 Å². The summed E-state index contributed by atoms with van der Waals surface area (Å²) < 4.78 is 48.8. The first-order valence-electron chi connectivity index (χ1n) is 9.91. The third kappa shape index (κ3) is 5.02. The van der Waals surface area contributed by atoms with Crippen LogP contribution in [0.2, 0.25) is 0 Å². The van der Waals surface area contributed by atoms with Crippen molar-refractivity contribution in [1.82, 2.24) is 0 Å². The van der Waals surface area contributed by atoms with Crippen LogP contribution in [0, 0.1) is 20.8 Å². The maximum absolute atomic E-state index is 12.7. The number of aryl methyl sites for hydroxylation is 3. The zero-order valence-electron chi connectivity index (χ0n) is 17.9. The molecule has 1 fully saturated rings. The number of carbonyl (C=O) groups excluding carboxylic acids is 2. The highest BCUT2D eigenvalue weighted by Crippen LogP contribution is 2.34. The summed E-state index contributed by atoms with van der Waals surface area (Å²) >= 11 is 0. The van der Waals surface area contributed by atoms with E-state index in [4.69, 9.17) is 9.47 Å². The number of alkyl halides is 3. The van der Waals surface area contributed by atoms with Crippen molar-refractivity contribution in [2.45, 2.75) is 39.0 Å². The molecule has 3 rings (SSSR count). The molecule has 2 aromatic rings. The standard InChI is InChI=1S/C24H23F3O5/c1-14-8-15(2)20(16(3)9-14)22(30)31-13-23(12-28)11-18(21(29)32-23)10-17-4-6-19(7-5-17)24(25,26)27/h4-10,28H,11-13H2,1-3H3/b18-10-. The van der Waals surface area contributed by atoms with E-state index in [1.165, 1.54) is 18.2 Å². The fourth-order valence-electron chi connectivity index (χ4n) is 3.78. The van der Waals surface area contributed by atoms with Crippen molar-refractivity contribution in [3.8, 4) is 0 Å². The van der Waals surface area contributed by atoms with E-state index >= 15 is 0 Å². The molecule has 0 saturated carbocycles. The maximum Gasteiger partial charge on any atom is 0.416 e. The van der Waals surface area contributed by atoms with Crippen LogP contribution in [0.25, 0.3) is 6.08 Å². The van der Waals surface area contributed by atoms with Crippen molar-refractivity contribution in [3.63, 3.8) is 0 Å². The monoisotopic (exact) mass is 448 g/mol. The molecule has 8 heteroatoms. The van der Waals surface area contributed by atoms with Gasteiger partial charge in [0, 0.05) is 12.0 Å². The van der Waals surface area contributed by atoms with Crippen LogP contribution in [0.4, 0.5) is 13.2 Å². The summed E-state index contributed by atoms with van der Waals surface area (Å²) in [6.07, 6.45) is -3.11. The van der Waals surface area contributed by atoms with Crippen LogP contribution < -0.4 is 0 Å². The fourth-order valence-corrected chi connectivity index (χ4v) is 3.78. The van der Waals surface area contributed by atoms with E-state index in [0.717, 1.165) is 28.8 Å². The van der Waals surface area contributed by atoms with Crippen LogP contribution in [-0.4, -0.2) is 35.9 Å². The van der Waals surface area contributed by atoms with Crippen LogP contribution in [0.3, 0.4) is 0 Å². The van der Waals surface area contributed by atoms with Crippen molar-refractivity contribution >= 4 is 18.0 Å². The molecule has 1 saturated heterocycles. The van der Waals surface area contributed by atoms with E-state index < -0.39 is 35.9 Å². The van der Waals surface area contributed by atoms with Crippen LogP contribution in [0.1, 0.15) is 44.6 Å². The Balaban J connectivity index is 1.74. The van der Waals surface area contributed by atoms with Crippen molar-refractivity contribution < 1.29 is 37.3 Å². The quantitative estimate of drug-likeness (QED) is 0.537. The van der Waals surface area contributed by atoms with Gasteiger partial charge in [-0.15, -0.1) is 0 Å². The number of ether oxygens (including phenoxy) is 2. The second kappa shape index (κ2) is 8.78. The molecule has 0 radical (unpaired) electrons. The topological polar surface area (TPSA) is 72.8 Å². The molecule has 1 aliphatic rings. The Kier molecular flexibility index (Phi) is 6.46. The lowest BCUT2D eigenvalue weighted by molar-refractivity contribution is -0.154. The first kappa shape index (κ1) is 23.5. The molecule has 0 aliphatic carbocycles. The van der Waals surface area contributed by atoms with Crippen molar-refractivity contribution in [1.29, 1.82) is 0 Å². The third-order valence-electron chi connectivity index (χ3n) is 5.30. The zero-order chi connectivity index (χ0) is 23.7. The molecular formula is C24H23F3O5. The largest absolute Gasteiger partial charge is 0.458 e. The van der Waals surface area contributed by atoms with E-state index in [2.05, 4.69) is 0 Å². The Morgan fingerprint density at radius 3 is 2.28 bits per heavy atom. The number of halogens is 3. The molecule has 1 heterocycles. The van der Waals surface area contributed by atoms with Gasteiger partial charge in [-0.05, 0) is 55.7 Å². The molecule has 1 N–H and O–H groups in total. The van der Waals surface area contributed by atoms with Crippen molar-refractivity contribution in [2.75, 3.05) is 13.2 Å². The van der Waals surface area contributed by atoms with E-state index in [-0.39, 0.29) is 18.6 Å². The highest BCUT2D eigenvalue weighted by atomic mass is 19.4. The van der Waals surface area contributed by atoms with Gasteiger partial charge >= 0.3 is 18.1 Å². The van der Waals surface area contributed by atoms with Crippen molar-refractivity contribution in [3.05, 3.63) is 75.4 Å². The predicted molar refractivity (Wildman–Crippen MR) is 111 cm³/mol. The van der Waals surface area contributed by atoms with Crippen LogP contribution in [0.5, 0.6) is 0 Å². The lowest BCUT2D eigenvalue weighted by atomic mass is 9.97. The zero-order valence-corrected chi connectivity index (χ0v) is 17.9. The maximum atomic E-state index is 12.7. The average Bonchev–Trinajstić information content (AvgIpc) is 3.01. The van der Waals surface area contributed by atoms with E-state index in [0.29, 0.717) is 11.1 Å². The second-order valence-corrected chi connectivity index (χ2v) is 8.05. The highest BCUT2D eigenvalue weighted by molar-refractivity contribution is 5.96. The second-order valence-electron chi connectivity index (χ2n) is 8.05. The van der Waals surface area contributed by atoms with Gasteiger partial charge in [0.05, 0.1) is 17.7 Å². The lowest BCUT2D eigenvalue weighted by Crippen LogP contribution is -2.39. The van der Waals surface area contributed by atoms with Crippen molar-refractivity contribution in [2.24, 2.45) is 0 Å². The molecule has 32 heavy (non-hydrogen) atoms. The number of esters is 2. The molecule has 0 spiro atoms. The Labute approximate surface area is 183 Å². The number of aliphatic hydroxyl groups is 1. The Morgan fingerprint density at radius 1 is 1.16 bits per heavy atom. The summed E-state index contributed by atoms with van der Waals surface area (Å²) in [5, 5.41) is 9.85. The first-order chi connectivity index (χ1) is 14.9. The summed E-state index contributed by atoms with van der Waals surface area (Å²) in [6.45, 7) is 4.56. The number of rotatable bonds is 5. The normalized spacial score (nSPS) is 19.8. The molecule has 1 aliphatic heterocycles. The number of benzene rings is 2. The molecular weight excluding hydrogens is 425 g/mol. The smallest absolute Gasteiger partial charge is 0.416 e. The Hall–Kier alpha value is -3.13. The van der Waals surface area contributed by atoms with Gasteiger partial charge in [-0.3, -0.25) is 0 Å². The number of hydrogen-bond donors (Lipinski definition) is 1. The van der Waals surface area contributed by atoms with Gasteiger partial charge in [0.2, 0.25) is 0 Å². The number of hydrogen-bond acceptors (Lipinski definition) is 5. The summed E-state index contributed by atoms with van der Waals surface area (Å²) in [4.78, 5) is 24.9. The Morgan fingerprint density at radius 2 is 1.75 bits per heavy atom. The summed E-state index contributed by atoms with van der Waals surface area (Å²) in [5.41, 5.74) is 1.20. The molecule has 2 aromatic carbocycles. The lowest BCUT2D eigenvalue weighted by Gasteiger charge is -2.24. The van der Waals surface area contributed by atoms with Crippen LogP contribution in [-0.2, 0) is 20.4 Å². The summed E-state index contributed by atoms with van der Waals surface area (Å²) in [7, 11) is 0. The average molecular weight is 448 g/mol. The van der Waals surface area contributed by atoms with E-state index in [1.54, 1.807) is 13.8 Å². The number of aliphatic hydroxyl groups excluding tert-OH is 1. The first-order valence-corrected chi connectivity index (χ1v) is 9.91. The Bertz CT molecular complexity index is 1050. The minimum Gasteiger partial charge on any atom is -0.458 e. The van der Waals surface area contributed by atoms with Gasteiger partial charge in [0.25, 0.3) is 0 Å². The molecule has 0 bridgehead atoms. The predicted octanol–water partition coefficient (Wildman–Crippen LogP) is 4.55.